The highest BCUT2D eigenvalue weighted by molar-refractivity contribution is 5.68. The van der Waals surface area contributed by atoms with Gasteiger partial charge >= 0.3 is 5.97 Å². The van der Waals surface area contributed by atoms with E-state index in [4.69, 9.17) is 23.7 Å². The average molecular weight is 483 g/mol. The van der Waals surface area contributed by atoms with E-state index >= 15 is 0 Å². The highest BCUT2D eigenvalue weighted by Crippen LogP contribution is 2.31. The first-order valence-electron chi connectivity index (χ1n) is 11.6. The number of nitrogens with zero attached hydrogens (tertiary/aromatic N) is 3. The second kappa shape index (κ2) is 11.7. The molecule has 1 atom stereocenters. The van der Waals surface area contributed by atoms with E-state index in [9.17, 15) is 9.90 Å². The smallest absolute Gasteiger partial charge is 0.303 e. The number of hydrogen-bond donors (Lipinski definition) is 2. The van der Waals surface area contributed by atoms with Crippen LogP contribution in [0.3, 0.4) is 0 Å². The molecule has 0 bridgehead atoms. The van der Waals surface area contributed by atoms with Crippen molar-refractivity contribution in [1.82, 2.24) is 15.1 Å². The number of anilines is 1. The van der Waals surface area contributed by atoms with Gasteiger partial charge in [-0.15, -0.1) is 0 Å². The summed E-state index contributed by atoms with van der Waals surface area (Å²) in [5, 5.41) is 16.8. The molecule has 35 heavy (non-hydrogen) atoms. The molecular formula is C25H30N4O6. The molecular weight excluding hydrogens is 452 g/mol. The minimum absolute atomic E-state index is 0.0862. The van der Waals surface area contributed by atoms with Crippen LogP contribution >= 0.6 is 0 Å². The van der Waals surface area contributed by atoms with Crippen LogP contribution in [0, 0.1) is 0 Å². The first-order chi connectivity index (χ1) is 17.0. The van der Waals surface area contributed by atoms with Crippen LogP contribution in [0.5, 0.6) is 11.5 Å². The molecule has 2 N–H and O–H groups in total. The number of nitrogens with one attached hydrogen (secondary N) is 1. The number of benzene rings is 1. The van der Waals surface area contributed by atoms with Crippen LogP contribution in [0.4, 0.5) is 5.82 Å². The zero-order valence-corrected chi connectivity index (χ0v) is 20.0. The van der Waals surface area contributed by atoms with Crippen LogP contribution in [0.1, 0.15) is 47.3 Å². The first-order valence-corrected chi connectivity index (χ1v) is 11.6. The highest BCUT2D eigenvalue weighted by atomic mass is 16.5. The topological polar surface area (TPSA) is 129 Å². The molecule has 0 amide bonds. The summed E-state index contributed by atoms with van der Waals surface area (Å²) in [5.41, 5.74) is 2.84. The molecule has 10 nitrogen and oxygen atoms in total. The Hall–Kier alpha value is -3.66. The average Bonchev–Trinajstić information content (AvgIpc) is 3.17. The van der Waals surface area contributed by atoms with Gasteiger partial charge in [0.15, 0.2) is 5.82 Å². The van der Waals surface area contributed by atoms with Crippen molar-refractivity contribution in [2.45, 2.75) is 44.6 Å². The SMILES string of the molecule is COc1cc(OC)cc(C(CC(=O)O)Cc2nc(CCCc3ccc4c(n3)NCCOC4)no2)c1. The third kappa shape index (κ3) is 6.69. The van der Waals surface area contributed by atoms with Crippen molar-refractivity contribution in [3.05, 3.63) is 58.9 Å². The summed E-state index contributed by atoms with van der Waals surface area (Å²) in [5.74, 6) is 1.79. The van der Waals surface area contributed by atoms with E-state index in [0.717, 1.165) is 42.0 Å². The number of pyridine rings is 1. The monoisotopic (exact) mass is 482 g/mol. The quantitative estimate of drug-likeness (QED) is 0.419. The van der Waals surface area contributed by atoms with Crippen molar-refractivity contribution in [1.29, 1.82) is 0 Å². The van der Waals surface area contributed by atoms with Crippen LogP contribution in [-0.2, 0) is 35.4 Å². The Morgan fingerprint density at radius 3 is 2.69 bits per heavy atom. The molecule has 0 radical (unpaired) electrons. The van der Waals surface area contributed by atoms with Crippen molar-refractivity contribution in [2.24, 2.45) is 0 Å². The highest BCUT2D eigenvalue weighted by Gasteiger charge is 2.21. The fraction of sp³-hybridized carbons (Fsp3) is 0.440. The molecule has 1 aromatic carbocycles. The maximum Gasteiger partial charge on any atom is 0.303 e. The largest absolute Gasteiger partial charge is 0.497 e. The van der Waals surface area contributed by atoms with E-state index in [0.29, 0.717) is 49.3 Å². The Kier molecular flexibility index (Phi) is 8.15. The van der Waals surface area contributed by atoms with Gasteiger partial charge in [-0.3, -0.25) is 4.79 Å². The number of fused-ring (bicyclic) bond motifs is 1. The lowest BCUT2D eigenvalue weighted by molar-refractivity contribution is -0.137. The molecule has 0 fully saturated rings. The number of carboxylic acid groups (broad SMARTS) is 1. The van der Waals surface area contributed by atoms with Crippen molar-refractivity contribution in [3.8, 4) is 11.5 Å². The zero-order valence-electron chi connectivity index (χ0n) is 20.0. The Bertz CT molecular complexity index is 1130. The number of aryl methyl sites for hydroxylation is 2. The number of aliphatic carboxylic acids is 1. The molecule has 1 unspecified atom stereocenters. The summed E-state index contributed by atoms with van der Waals surface area (Å²) in [7, 11) is 3.11. The van der Waals surface area contributed by atoms with Gasteiger partial charge in [0, 0.05) is 42.6 Å². The van der Waals surface area contributed by atoms with Gasteiger partial charge in [0.2, 0.25) is 5.89 Å². The maximum absolute atomic E-state index is 11.5. The van der Waals surface area contributed by atoms with E-state index in [2.05, 4.69) is 21.5 Å². The summed E-state index contributed by atoms with van der Waals surface area (Å²) in [6.45, 7) is 2.00. The minimum Gasteiger partial charge on any atom is -0.497 e. The predicted molar refractivity (Wildman–Crippen MR) is 127 cm³/mol. The molecule has 1 aliphatic heterocycles. The number of rotatable bonds is 11. The fourth-order valence-corrected chi connectivity index (χ4v) is 4.06. The Balaban J connectivity index is 1.38. The normalized spacial score (nSPS) is 13.9. The van der Waals surface area contributed by atoms with Crippen LogP contribution in [0.15, 0.2) is 34.9 Å². The van der Waals surface area contributed by atoms with Crippen molar-refractivity contribution < 1.29 is 28.6 Å². The zero-order chi connectivity index (χ0) is 24.6. The van der Waals surface area contributed by atoms with Gasteiger partial charge in [0.05, 0.1) is 33.9 Å². The fourth-order valence-electron chi connectivity index (χ4n) is 4.06. The molecule has 0 saturated carbocycles. The van der Waals surface area contributed by atoms with Crippen LogP contribution in [0.2, 0.25) is 0 Å². The standard InChI is InChI=1S/C25H30N4O6/c1-32-20-10-17(11-21(14-20)33-2)18(13-24(30)31)12-23-28-22(29-35-23)5-3-4-19-7-6-16-15-34-9-8-26-25(16)27-19/h6-7,10-11,14,18H,3-5,8-9,12-13,15H2,1-2H3,(H,26,27)(H,30,31). The second-order valence-corrected chi connectivity index (χ2v) is 8.39. The summed E-state index contributed by atoms with van der Waals surface area (Å²) in [6, 6.07) is 9.44. The number of ether oxygens (including phenoxy) is 3. The van der Waals surface area contributed by atoms with Gasteiger partial charge < -0.3 is 29.2 Å². The maximum atomic E-state index is 11.5. The van der Waals surface area contributed by atoms with E-state index in [1.807, 2.05) is 18.2 Å². The van der Waals surface area contributed by atoms with E-state index < -0.39 is 5.97 Å². The van der Waals surface area contributed by atoms with Crippen molar-refractivity contribution in [3.63, 3.8) is 0 Å². The molecule has 3 heterocycles. The van der Waals surface area contributed by atoms with Crippen LogP contribution in [-0.4, -0.2) is 53.6 Å². The first kappa shape index (κ1) is 24.5. The number of hydrogen-bond acceptors (Lipinski definition) is 9. The molecule has 186 valence electrons. The van der Waals surface area contributed by atoms with Gasteiger partial charge in [-0.1, -0.05) is 11.2 Å². The number of aromatic nitrogens is 3. The summed E-state index contributed by atoms with van der Waals surface area (Å²) < 4.78 is 21.6. The van der Waals surface area contributed by atoms with Gasteiger partial charge in [-0.05, 0) is 36.6 Å². The number of carbonyl (C=O) groups is 1. The summed E-state index contributed by atoms with van der Waals surface area (Å²) in [6.07, 6.45) is 2.44. The summed E-state index contributed by atoms with van der Waals surface area (Å²) in [4.78, 5) is 20.7. The Labute approximate surface area is 203 Å². The van der Waals surface area contributed by atoms with E-state index in [-0.39, 0.29) is 12.3 Å². The molecule has 3 aromatic rings. The molecule has 0 aliphatic carbocycles. The van der Waals surface area contributed by atoms with E-state index in [1.165, 1.54) is 0 Å². The lowest BCUT2D eigenvalue weighted by atomic mass is 9.92. The molecule has 1 aliphatic rings. The second-order valence-electron chi connectivity index (χ2n) is 8.39. The number of methoxy groups -OCH3 is 2. The lowest BCUT2D eigenvalue weighted by Gasteiger charge is -2.16. The van der Waals surface area contributed by atoms with Gasteiger partial charge in [0.1, 0.15) is 17.3 Å². The molecule has 2 aromatic heterocycles. The van der Waals surface area contributed by atoms with Crippen molar-refractivity contribution >= 4 is 11.8 Å². The van der Waals surface area contributed by atoms with Gasteiger partial charge in [-0.25, -0.2) is 4.98 Å². The molecule has 0 saturated heterocycles. The van der Waals surface area contributed by atoms with Crippen LogP contribution in [0.25, 0.3) is 0 Å². The van der Waals surface area contributed by atoms with Crippen LogP contribution < -0.4 is 14.8 Å². The molecule has 10 heteroatoms. The van der Waals surface area contributed by atoms with Crippen molar-refractivity contribution in [2.75, 3.05) is 32.7 Å². The minimum atomic E-state index is -0.911. The predicted octanol–water partition coefficient (Wildman–Crippen LogP) is 3.40. The third-order valence-electron chi connectivity index (χ3n) is 5.86. The number of carboxylic acids is 1. The molecule has 0 spiro atoms. The lowest BCUT2D eigenvalue weighted by Crippen LogP contribution is -2.10. The molecule has 4 rings (SSSR count). The van der Waals surface area contributed by atoms with E-state index in [1.54, 1.807) is 20.3 Å². The third-order valence-corrected chi connectivity index (χ3v) is 5.86. The summed E-state index contributed by atoms with van der Waals surface area (Å²) >= 11 is 0. The Morgan fingerprint density at radius 2 is 1.94 bits per heavy atom. The Morgan fingerprint density at radius 1 is 1.14 bits per heavy atom. The van der Waals surface area contributed by atoms with Gasteiger partial charge in [0.25, 0.3) is 0 Å². The van der Waals surface area contributed by atoms with Gasteiger partial charge in [-0.2, -0.15) is 4.98 Å².